The number of hydrogen-bond donors (Lipinski definition) is 2. The second-order valence-electron chi connectivity index (χ2n) is 5.37. The molecule has 0 aromatic rings. The van der Waals surface area contributed by atoms with E-state index < -0.39 is 0 Å². The fraction of sp³-hybridized carbons (Fsp3) is 1.00. The largest absolute Gasteiger partial charge is 0.396 e. The number of unbranched alkanes of at least 4 members (excludes halogenated alkanes) is 11. The molecule has 0 radical (unpaired) electrons. The molecule has 19 heavy (non-hydrogen) atoms. The van der Waals surface area contributed by atoms with Crippen molar-refractivity contribution >= 4 is 0 Å². The molecule has 1 aliphatic heterocycles. The molecule has 3 heteroatoms. The number of hydrogen-bond acceptors (Lipinski definition) is 3. The third-order valence-electron chi connectivity index (χ3n) is 3.32. The van der Waals surface area contributed by atoms with Gasteiger partial charge in [-0.05, 0) is 19.4 Å². The maximum absolute atomic E-state index is 8.62. The maximum Gasteiger partial charge on any atom is 0.0701 e. The molecule has 0 spiro atoms. The topological polar surface area (TPSA) is 58.8 Å². The van der Waals surface area contributed by atoms with Crippen LogP contribution in [0.1, 0.15) is 77.0 Å². The summed E-state index contributed by atoms with van der Waals surface area (Å²) in [6, 6.07) is 0. The molecule has 1 aliphatic rings. The second-order valence-corrected chi connectivity index (χ2v) is 5.37. The summed E-state index contributed by atoms with van der Waals surface area (Å²) < 4.78 is 4.50. The van der Waals surface area contributed by atoms with Crippen LogP contribution in [0, 0.1) is 0 Å². The summed E-state index contributed by atoms with van der Waals surface area (Å²) in [7, 11) is 0. The molecular weight excluding hydrogens is 238 g/mol. The van der Waals surface area contributed by atoms with E-state index in [2.05, 4.69) is 4.74 Å². The van der Waals surface area contributed by atoms with Crippen molar-refractivity contribution in [3.05, 3.63) is 0 Å². The molecule has 0 amide bonds. The summed E-state index contributed by atoms with van der Waals surface area (Å²) in [5.74, 6) is 0. The van der Waals surface area contributed by atoms with Crippen molar-refractivity contribution in [2.45, 2.75) is 77.0 Å². The van der Waals surface area contributed by atoms with Crippen molar-refractivity contribution in [3.63, 3.8) is 0 Å². The van der Waals surface area contributed by atoms with Crippen LogP contribution in [0.2, 0.25) is 0 Å². The summed E-state index contributed by atoms with van der Waals surface area (Å²) in [4.78, 5) is 0. The van der Waals surface area contributed by atoms with Gasteiger partial charge in [0.1, 0.15) is 0 Å². The molecule has 0 aromatic heterocycles. The lowest BCUT2D eigenvalue weighted by molar-refractivity contribution is 0.282. The third-order valence-corrected chi connectivity index (χ3v) is 3.32. The van der Waals surface area contributed by atoms with Gasteiger partial charge in [0, 0.05) is 6.61 Å². The van der Waals surface area contributed by atoms with Crippen LogP contribution in [0.4, 0.5) is 0 Å². The van der Waals surface area contributed by atoms with E-state index in [0.29, 0.717) is 6.61 Å². The summed E-state index contributed by atoms with van der Waals surface area (Å²) >= 11 is 0. The molecule has 0 bridgehead atoms. The Balaban J connectivity index is 0.000000934. The summed E-state index contributed by atoms with van der Waals surface area (Å²) in [5, 5.41) is 8.62. The molecule has 116 valence electrons. The lowest BCUT2D eigenvalue weighted by Gasteiger charge is -2.02. The van der Waals surface area contributed by atoms with E-state index in [1.54, 1.807) is 0 Å². The third kappa shape index (κ3) is 23.4. The minimum atomic E-state index is 0.364. The Morgan fingerprint density at radius 3 is 1.21 bits per heavy atom. The highest BCUT2D eigenvalue weighted by Crippen LogP contribution is 2.11. The Labute approximate surface area is 119 Å². The molecular formula is C16H35NO2. The maximum atomic E-state index is 8.62. The van der Waals surface area contributed by atoms with Crippen LogP contribution in [0.3, 0.4) is 0 Å². The zero-order valence-electron chi connectivity index (χ0n) is 12.7. The predicted octanol–water partition coefficient (Wildman–Crippen LogP) is 3.64. The van der Waals surface area contributed by atoms with Crippen LogP contribution in [-0.2, 0) is 4.74 Å². The van der Waals surface area contributed by atoms with Crippen molar-refractivity contribution in [2.75, 3.05) is 26.4 Å². The highest BCUT2D eigenvalue weighted by atomic mass is 16.6. The normalized spacial score (nSPS) is 12.9. The molecule has 0 saturated carbocycles. The molecule has 0 unspecified atom stereocenters. The second kappa shape index (κ2) is 17.9. The van der Waals surface area contributed by atoms with E-state index in [4.69, 9.17) is 10.8 Å². The molecule has 1 fully saturated rings. The molecule has 1 saturated heterocycles. The summed E-state index contributed by atoms with van der Waals surface area (Å²) in [5.41, 5.74) is 5.44. The van der Waals surface area contributed by atoms with Crippen molar-refractivity contribution in [2.24, 2.45) is 5.73 Å². The molecule has 0 aromatic carbocycles. The van der Waals surface area contributed by atoms with E-state index in [-0.39, 0.29) is 0 Å². The number of aliphatic hydroxyl groups is 1. The smallest absolute Gasteiger partial charge is 0.0701 e. The Morgan fingerprint density at radius 1 is 0.632 bits per heavy atom. The Morgan fingerprint density at radius 2 is 0.947 bits per heavy atom. The fourth-order valence-corrected chi connectivity index (χ4v) is 2.02. The van der Waals surface area contributed by atoms with Gasteiger partial charge >= 0.3 is 0 Å². The molecule has 3 N–H and O–H groups in total. The number of nitrogens with two attached hydrogens (primary N) is 1. The lowest BCUT2D eigenvalue weighted by atomic mass is 10.1. The van der Waals surface area contributed by atoms with Crippen molar-refractivity contribution in [3.8, 4) is 0 Å². The summed E-state index contributed by atoms with van der Waals surface area (Å²) in [6.45, 7) is 3.22. The monoisotopic (exact) mass is 273 g/mol. The van der Waals surface area contributed by atoms with Crippen LogP contribution in [0.25, 0.3) is 0 Å². The van der Waals surface area contributed by atoms with E-state index in [1.165, 1.54) is 70.6 Å². The predicted molar refractivity (Wildman–Crippen MR) is 82.4 cm³/mol. The highest BCUT2D eigenvalue weighted by Gasteiger charge is 1.94. The van der Waals surface area contributed by atoms with Gasteiger partial charge in [-0.3, -0.25) is 0 Å². The van der Waals surface area contributed by atoms with Gasteiger partial charge in [-0.15, -0.1) is 0 Å². The van der Waals surface area contributed by atoms with Crippen molar-refractivity contribution in [1.29, 1.82) is 0 Å². The van der Waals surface area contributed by atoms with Gasteiger partial charge in [-0.1, -0.05) is 64.2 Å². The Bertz CT molecular complexity index is 135. The number of aliphatic hydroxyl groups excluding tert-OH is 1. The molecule has 0 aliphatic carbocycles. The van der Waals surface area contributed by atoms with Gasteiger partial charge in [0.15, 0.2) is 0 Å². The first-order chi connectivity index (χ1) is 9.41. The standard InChI is InChI=1S/C14H31NO.C2H4O/c15-13-11-9-7-5-3-1-2-4-6-8-10-12-14-16;1-2-3-1/h16H,1-15H2;1-2H2. The fourth-order valence-electron chi connectivity index (χ4n) is 2.02. The summed E-state index contributed by atoms with van der Waals surface area (Å²) in [6.07, 6.45) is 15.7. The Hall–Kier alpha value is -0.120. The molecule has 1 heterocycles. The van der Waals surface area contributed by atoms with Crippen molar-refractivity contribution < 1.29 is 9.84 Å². The van der Waals surface area contributed by atoms with Crippen LogP contribution in [-0.4, -0.2) is 31.5 Å². The van der Waals surface area contributed by atoms with Gasteiger partial charge in [0.25, 0.3) is 0 Å². The molecule has 1 rings (SSSR count). The van der Waals surface area contributed by atoms with Crippen LogP contribution < -0.4 is 5.73 Å². The molecule has 3 nitrogen and oxygen atoms in total. The lowest BCUT2D eigenvalue weighted by Crippen LogP contribution is -1.97. The van der Waals surface area contributed by atoms with Gasteiger partial charge in [-0.2, -0.15) is 0 Å². The van der Waals surface area contributed by atoms with E-state index in [0.717, 1.165) is 26.2 Å². The minimum Gasteiger partial charge on any atom is -0.396 e. The van der Waals surface area contributed by atoms with E-state index in [1.807, 2.05) is 0 Å². The average Bonchev–Trinajstić information content (AvgIpc) is 3.28. The minimum absolute atomic E-state index is 0.364. The SMILES string of the molecule is C1CO1.NCCCCCCCCCCCCCCO. The zero-order valence-corrected chi connectivity index (χ0v) is 12.7. The average molecular weight is 273 g/mol. The van der Waals surface area contributed by atoms with Gasteiger partial charge in [0.2, 0.25) is 0 Å². The van der Waals surface area contributed by atoms with Crippen LogP contribution in [0.15, 0.2) is 0 Å². The van der Waals surface area contributed by atoms with E-state index in [9.17, 15) is 0 Å². The van der Waals surface area contributed by atoms with Crippen LogP contribution in [0.5, 0.6) is 0 Å². The first-order valence-electron chi connectivity index (χ1n) is 8.30. The Kier molecular flexibility index (Phi) is 17.8. The highest BCUT2D eigenvalue weighted by molar-refractivity contribution is 4.48. The van der Waals surface area contributed by atoms with Gasteiger partial charge in [-0.25, -0.2) is 0 Å². The first-order valence-corrected chi connectivity index (χ1v) is 8.30. The number of ether oxygens (including phenoxy) is 1. The van der Waals surface area contributed by atoms with Gasteiger partial charge in [0.05, 0.1) is 13.2 Å². The number of rotatable bonds is 13. The van der Waals surface area contributed by atoms with E-state index >= 15 is 0 Å². The zero-order chi connectivity index (χ0) is 14.0. The van der Waals surface area contributed by atoms with Gasteiger partial charge < -0.3 is 15.6 Å². The van der Waals surface area contributed by atoms with Crippen molar-refractivity contribution in [1.82, 2.24) is 0 Å². The first kappa shape index (κ1) is 18.9. The molecule has 0 atom stereocenters. The quantitative estimate of drug-likeness (QED) is 0.398. The number of epoxide rings is 1. The van der Waals surface area contributed by atoms with Crippen LogP contribution >= 0.6 is 0 Å².